The number of benzene rings is 1. The van der Waals surface area contributed by atoms with Gasteiger partial charge in [0, 0.05) is 6.54 Å². The third kappa shape index (κ3) is 10.7. The number of aliphatic hydroxyl groups is 1. The number of hydrogen-bond acceptors (Lipinski definition) is 7. The van der Waals surface area contributed by atoms with Crippen molar-refractivity contribution in [1.82, 2.24) is 16.0 Å². The molecule has 0 aliphatic carbocycles. The summed E-state index contributed by atoms with van der Waals surface area (Å²) in [6, 6.07) is 5.51. The summed E-state index contributed by atoms with van der Waals surface area (Å²) in [5, 5.41) is 25.8. The second-order valence-corrected chi connectivity index (χ2v) is 7.65. The average molecular weight is 480 g/mol. The van der Waals surface area contributed by atoms with Crippen LogP contribution in [0.3, 0.4) is 0 Å². The molecular weight excluding hydrogens is 446 g/mol. The van der Waals surface area contributed by atoms with Crippen molar-refractivity contribution >= 4 is 29.7 Å². The molecule has 0 bridgehead atoms. The van der Waals surface area contributed by atoms with E-state index >= 15 is 0 Å². The van der Waals surface area contributed by atoms with Crippen LogP contribution >= 0.6 is 0 Å². The van der Waals surface area contributed by atoms with Crippen LogP contribution in [-0.4, -0.2) is 77.2 Å². The van der Waals surface area contributed by atoms with Gasteiger partial charge in [0.15, 0.2) is 12.0 Å². The van der Waals surface area contributed by atoms with Gasteiger partial charge in [0.2, 0.25) is 17.7 Å². The molecule has 188 valence electrons. The Bertz CT molecular complexity index is 858. The van der Waals surface area contributed by atoms with Crippen molar-refractivity contribution in [1.29, 1.82) is 0 Å². The first kappa shape index (κ1) is 28.3. The second kappa shape index (κ2) is 14.4. The highest BCUT2D eigenvalue weighted by atomic mass is 16.4. The lowest BCUT2D eigenvalue weighted by Crippen LogP contribution is -2.56. The van der Waals surface area contributed by atoms with E-state index in [-0.39, 0.29) is 31.8 Å². The van der Waals surface area contributed by atoms with E-state index in [2.05, 4.69) is 20.9 Å². The summed E-state index contributed by atoms with van der Waals surface area (Å²) in [5.74, 6) is -3.63. The van der Waals surface area contributed by atoms with Crippen LogP contribution in [0.25, 0.3) is 0 Å². The summed E-state index contributed by atoms with van der Waals surface area (Å²) in [7, 11) is 0. The summed E-state index contributed by atoms with van der Waals surface area (Å²) in [4.78, 5) is 52.2. The molecule has 11 N–H and O–H groups in total. The van der Waals surface area contributed by atoms with Crippen molar-refractivity contribution in [3.05, 3.63) is 35.9 Å². The predicted octanol–water partition coefficient (Wildman–Crippen LogP) is -2.84. The van der Waals surface area contributed by atoms with Crippen LogP contribution in [0.2, 0.25) is 0 Å². The van der Waals surface area contributed by atoms with Gasteiger partial charge in [-0.3, -0.25) is 19.4 Å². The first-order valence-corrected chi connectivity index (χ1v) is 10.6. The lowest BCUT2D eigenvalue weighted by molar-refractivity contribution is -0.145. The Morgan fingerprint density at radius 1 is 1.06 bits per heavy atom. The number of carbonyl (C=O) groups excluding carboxylic acids is 3. The minimum Gasteiger partial charge on any atom is -0.480 e. The Morgan fingerprint density at radius 3 is 2.26 bits per heavy atom. The van der Waals surface area contributed by atoms with Crippen LogP contribution < -0.4 is 33.2 Å². The topological polar surface area (TPSA) is 235 Å². The number of aliphatic imine (C=N–C) groups is 1. The number of aliphatic carboxylic acids is 1. The minimum absolute atomic E-state index is 0.0714. The van der Waals surface area contributed by atoms with E-state index in [9.17, 15) is 24.3 Å². The highest BCUT2D eigenvalue weighted by Crippen LogP contribution is 2.03. The van der Waals surface area contributed by atoms with Gasteiger partial charge >= 0.3 is 5.97 Å². The van der Waals surface area contributed by atoms with E-state index in [0.717, 1.165) is 5.56 Å². The molecule has 0 spiro atoms. The zero-order chi connectivity index (χ0) is 25.7. The van der Waals surface area contributed by atoms with Crippen LogP contribution in [0.5, 0.6) is 0 Å². The SMILES string of the molecule is CC(O)C(NC(=O)C(CCCN=C(N)N)NC(=O)CNC(=O)C(N)Cc1ccccc1)C(=O)O. The quantitative estimate of drug-likeness (QED) is 0.0778. The lowest BCUT2D eigenvalue weighted by Gasteiger charge is -2.23. The molecule has 1 rings (SSSR count). The van der Waals surface area contributed by atoms with Gasteiger partial charge in [-0.1, -0.05) is 30.3 Å². The standard InChI is InChI=1S/C21H33N7O6/c1-12(29)17(20(33)34)28-19(32)15(8-5-9-25-21(23)24)27-16(30)11-26-18(31)14(22)10-13-6-3-2-4-7-13/h2-4,6-7,12,14-15,17,29H,5,8-11,22H2,1H3,(H,26,31)(H,27,30)(H,28,32)(H,33,34)(H4,23,24,25). The van der Waals surface area contributed by atoms with Crippen molar-refractivity contribution < 1.29 is 29.4 Å². The first-order valence-electron chi connectivity index (χ1n) is 10.6. The lowest BCUT2D eigenvalue weighted by atomic mass is 10.1. The van der Waals surface area contributed by atoms with Crippen LogP contribution in [0.1, 0.15) is 25.3 Å². The summed E-state index contributed by atoms with van der Waals surface area (Å²) in [6.45, 7) is 0.934. The van der Waals surface area contributed by atoms with Gasteiger partial charge in [0.25, 0.3) is 0 Å². The second-order valence-electron chi connectivity index (χ2n) is 7.65. The third-order valence-electron chi connectivity index (χ3n) is 4.70. The molecule has 0 saturated carbocycles. The van der Waals surface area contributed by atoms with E-state index < -0.39 is 54.5 Å². The molecule has 0 heterocycles. The maximum atomic E-state index is 12.6. The van der Waals surface area contributed by atoms with Crippen LogP contribution in [0.4, 0.5) is 0 Å². The van der Waals surface area contributed by atoms with Gasteiger partial charge in [-0.05, 0) is 31.7 Å². The van der Waals surface area contributed by atoms with Crippen molar-refractivity contribution in [2.45, 2.75) is 50.4 Å². The Balaban J connectivity index is 2.69. The van der Waals surface area contributed by atoms with Gasteiger partial charge in [-0.25, -0.2) is 4.79 Å². The molecule has 4 unspecified atom stereocenters. The number of nitrogens with zero attached hydrogens (tertiary/aromatic N) is 1. The van der Waals surface area contributed by atoms with E-state index in [1.807, 2.05) is 30.3 Å². The van der Waals surface area contributed by atoms with Crippen molar-refractivity contribution in [3.63, 3.8) is 0 Å². The Morgan fingerprint density at radius 2 is 1.71 bits per heavy atom. The Kier molecular flexibility index (Phi) is 12.0. The third-order valence-corrected chi connectivity index (χ3v) is 4.70. The summed E-state index contributed by atoms with van der Waals surface area (Å²) in [6.07, 6.45) is -0.733. The number of guanidine groups is 1. The van der Waals surface area contributed by atoms with Gasteiger partial charge in [0.1, 0.15) is 6.04 Å². The van der Waals surface area contributed by atoms with Gasteiger partial charge in [0.05, 0.1) is 18.7 Å². The molecule has 3 amide bonds. The number of rotatable bonds is 14. The monoisotopic (exact) mass is 479 g/mol. The Labute approximate surface area is 197 Å². The number of nitrogens with two attached hydrogens (primary N) is 3. The maximum Gasteiger partial charge on any atom is 0.328 e. The zero-order valence-electron chi connectivity index (χ0n) is 18.9. The number of amides is 3. The summed E-state index contributed by atoms with van der Waals surface area (Å²) >= 11 is 0. The largest absolute Gasteiger partial charge is 0.480 e. The van der Waals surface area contributed by atoms with E-state index in [0.29, 0.717) is 0 Å². The molecular formula is C21H33N7O6. The molecule has 34 heavy (non-hydrogen) atoms. The van der Waals surface area contributed by atoms with Crippen LogP contribution in [-0.2, 0) is 25.6 Å². The van der Waals surface area contributed by atoms with Gasteiger partial charge < -0.3 is 43.4 Å². The summed E-state index contributed by atoms with van der Waals surface area (Å²) in [5.41, 5.74) is 17.3. The van der Waals surface area contributed by atoms with Gasteiger partial charge in [-0.2, -0.15) is 0 Å². The zero-order valence-corrected chi connectivity index (χ0v) is 18.9. The summed E-state index contributed by atoms with van der Waals surface area (Å²) < 4.78 is 0. The fraction of sp³-hybridized carbons (Fsp3) is 0.476. The van der Waals surface area contributed by atoms with E-state index in [1.165, 1.54) is 6.92 Å². The predicted molar refractivity (Wildman–Crippen MR) is 124 cm³/mol. The molecule has 0 aliphatic heterocycles. The minimum atomic E-state index is -1.57. The van der Waals surface area contributed by atoms with E-state index in [1.54, 1.807) is 0 Å². The molecule has 1 aromatic carbocycles. The number of carboxylic acid groups (broad SMARTS) is 1. The normalized spacial score (nSPS) is 14.1. The van der Waals surface area contributed by atoms with Crippen molar-refractivity contribution in [3.8, 4) is 0 Å². The maximum absolute atomic E-state index is 12.6. The van der Waals surface area contributed by atoms with Crippen LogP contribution in [0, 0.1) is 0 Å². The fourth-order valence-electron chi connectivity index (χ4n) is 2.92. The van der Waals surface area contributed by atoms with Crippen molar-refractivity contribution in [2.24, 2.45) is 22.2 Å². The smallest absolute Gasteiger partial charge is 0.328 e. The molecule has 13 heteroatoms. The number of carboxylic acids is 1. The van der Waals surface area contributed by atoms with Crippen molar-refractivity contribution in [2.75, 3.05) is 13.1 Å². The highest BCUT2D eigenvalue weighted by molar-refractivity contribution is 5.92. The molecule has 0 radical (unpaired) electrons. The molecule has 0 saturated heterocycles. The molecule has 4 atom stereocenters. The highest BCUT2D eigenvalue weighted by Gasteiger charge is 2.29. The molecule has 0 aliphatic rings. The first-order chi connectivity index (χ1) is 16.0. The number of aliphatic hydroxyl groups excluding tert-OH is 1. The van der Waals surface area contributed by atoms with Gasteiger partial charge in [-0.15, -0.1) is 0 Å². The average Bonchev–Trinajstić information content (AvgIpc) is 2.77. The fourth-order valence-corrected chi connectivity index (χ4v) is 2.92. The molecule has 0 aromatic heterocycles. The molecule has 13 nitrogen and oxygen atoms in total. The number of nitrogens with one attached hydrogen (secondary N) is 3. The molecule has 0 fully saturated rings. The number of hydrogen-bond donors (Lipinski definition) is 8. The Hall–Kier alpha value is -3.71. The van der Waals surface area contributed by atoms with E-state index in [4.69, 9.17) is 22.3 Å². The number of carbonyl (C=O) groups is 4. The molecule has 1 aromatic rings. The van der Waals surface area contributed by atoms with Crippen LogP contribution in [0.15, 0.2) is 35.3 Å².